The van der Waals surface area contributed by atoms with Crippen molar-refractivity contribution in [3.05, 3.63) is 72.9 Å². The minimum absolute atomic E-state index is 0.137. The first-order chi connectivity index (χ1) is 31.7. The van der Waals surface area contributed by atoms with Crippen molar-refractivity contribution in [1.82, 2.24) is 0 Å². The quantitative estimate of drug-likeness (QED) is 0.0233. The molecule has 0 bridgehead atoms. The largest absolute Gasteiger partial charge is 0.472 e. The Balaban J connectivity index is 4.25. The van der Waals surface area contributed by atoms with Gasteiger partial charge in [-0.15, -0.1) is 0 Å². The lowest BCUT2D eigenvalue weighted by Crippen LogP contribution is -2.29. The first-order valence-electron chi connectivity index (χ1n) is 25.9. The van der Waals surface area contributed by atoms with Crippen LogP contribution in [0.2, 0.25) is 0 Å². The Hall–Kier alpha value is -2.59. The molecule has 1 unspecified atom stereocenters. The van der Waals surface area contributed by atoms with Crippen LogP contribution in [-0.2, 0) is 32.7 Å². The summed E-state index contributed by atoms with van der Waals surface area (Å²) in [6.07, 6.45) is 58.9. The number of carbonyl (C=O) groups excluding carboxylic acids is 2. The molecule has 0 aromatic carbocycles. The molecule has 65 heavy (non-hydrogen) atoms. The first kappa shape index (κ1) is 62.4. The molecule has 3 atom stereocenters. The van der Waals surface area contributed by atoms with Gasteiger partial charge in [0.05, 0.1) is 19.8 Å². The van der Waals surface area contributed by atoms with Crippen LogP contribution in [0.4, 0.5) is 0 Å². The molecule has 0 aromatic heterocycles. The van der Waals surface area contributed by atoms with Crippen molar-refractivity contribution in [3.63, 3.8) is 0 Å². The highest BCUT2D eigenvalue weighted by atomic mass is 31.2. The minimum Gasteiger partial charge on any atom is -0.462 e. The molecule has 0 aliphatic heterocycles. The van der Waals surface area contributed by atoms with Crippen LogP contribution in [0.15, 0.2) is 72.9 Å². The van der Waals surface area contributed by atoms with Crippen LogP contribution in [0.3, 0.4) is 0 Å². The highest BCUT2D eigenvalue weighted by Gasteiger charge is 2.27. The third-order valence-corrected chi connectivity index (χ3v) is 11.8. The maximum absolute atomic E-state index is 12.7. The molecule has 0 saturated heterocycles. The second-order valence-corrected chi connectivity index (χ2v) is 18.6. The molecule has 0 radical (unpaired) electrons. The monoisotopic (exact) mass is 935 g/mol. The molecule has 0 aliphatic carbocycles. The maximum atomic E-state index is 12.7. The number of hydrogen-bond donors (Lipinski definition) is 3. The summed E-state index contributed by atoms with van der Waals surface area (Å²) in [7, 11) is -4.64. The van der Waals surface area contributed by atoms with Gasteiger partial charge >= 0.3 is 19.8 Å². The van der Waals surface area contributed by atoms with Gasteiger partial charge in [-0.25, -0.2) is 4.57 Å². The second-order valence-electron chi connectivity index (χ2n) is 17.2. The SMILES string of the molecule is CC/C=C/C/C=C/C/C=C/C/C=C/C/C=C/CCCCCC(=O)O[C@H](COC(=O)CCC/C=C/CCCCCCCCCCCCCCCCCCCC)COP(=O)(O)OC[C@@H](O)CO. The van der Waals surface area contributed by atoms with Gasteiger partial charge in [-0.3, -0.25) is 18.6 Å². The number of phosphoric acid groups is 1. The van der Waals surface area contributed by atoms with Crippen molar-refractivity contribution < 1.29 is 47.8 Å². The third-order valence-electron chi connectivity index (χ3n) is 10.8. The lowest BCUT2D eigenvalue weighted by molar-refractivity contribution is -0.161. The van der Waals surface area contributed by atoms with E-state index in [-0.39, 0.29) is 19.4 Å². The normalized spacial score (nSPS) is 14.2. The Morgan fingerprint density at radius 2 is 0.862 bits per heavy atom. The molecule has 10 nitrogen and oxygen atoms in total. The van der Waals surface area contributed by atoms with Crippen LogP contribution in [0.25, 0.3) is 0 Å². The van der Waals surface area contributed by atoms with E-state index in [0.717, 1.165) is 64.2 Å². The van der Waals surface area contributed by atoms with Gasteiger partial charge in [0.25, 0.3) is 0 Å². The van der Waals surface area contributed by atoms with Gasteiger partial charge in [-0.2, -0.15) is 0 Å². The number of carbonyl (C=O) groups is 2. The van der Waals surface area contributed by atoms with E-state index in [1.807, 2.05) is 0 Å². The zero-order valence-electron chi connectivity index (χ0n) is 41.2. The lowest BCUT2D eigenvalue weighted by atomic mass is 10.0. The summed E-state index contributed by atoms with van der Waals surface area (Å²) < 4.78 is 32.8. The zero-order chi connectivity index (χ0) is 47.6. The number of ether oxygens (including phenoxy) is 2. The van der Waals surface area contributed by atoms with E-state index in [4.69, 9.17) is 23.6 Å². The Morgan fingerprint density at radius 3 is 1.34 bits per heavy atom. The molecule has 3 N–H and O–H groups in total. The van der Waals surface area contributed by atoms with Crippen LogP contribution in [0, 0.1) is 0 Å². The topological polar surface area (TPSA) is 149 Å². The van der Waals surface area contributed by atoms with Crippen molar-refractivity contribution >= 4 is 19.8 Å². The molecule has 376 valence electrons. The fourth-order valence-corrected chi connectivity index (χ4v) is 7.70. The van der Waals surface area contributed by atoms with Crippen molar-refractivity contribution in [2.24, 2.45) is 0 Å². The van der Waals surface area contributed by atoms with Gasteiger partial charge in [0, 0.05) is 12.8 Å². The summed E-state index contributed by atoms with van der Waals surface area (Å²) in [5, 5.41) is 18.4. The number of rotatable bonds is 48. The fourth-order valence-electron chi connectivity index (χ4n) is 6.91. The molecular weight excluding hydrogens is 840 g/mol. The van der Waals surface area contributed by atoms with E-state index < -0.39 is 51.8 Å². The fraction of sp³-hybridized carbons (Fsp3) is 0.741. The smallest absolute Gasteiger partial charge is 0.462 e. The first-order valence-corrected chi connectivity index (χ1v) is 27.4. The van der Waals surface area contributed by atoms with Crippen LogP contribution in [0.1, 0.15) is 219 Å². The number of unbranched alkanes of at least 4 members (excludes halogenated alkanes) is 22. The van der Waals surface area contributed by atoms with Gasteiger partial charge in [-0.05, 0) is 77.0 Å². The molecule has 0 spiro atoms. The Kier molecular flexibility index (Phi) is 47.4. The van der Waals surface area contributed by atoms with Gasteiger partial charge in [-0.1, -0.05) is 202 Å². The number of hydrogen-bond acceptors (Lipinski definition) is 9. The van der Waals surface area contributed by atoms with Gasteiger partial charge in [0.1, 0.15) is 12.7 Å². The highest BCUT2D eigenvalue weighted by molar-refractivity contribution is 7.47. The second kappa shape index (κ2) is 49.3. The van der Waals surface area contributed by atoms with E-state index in [9.17, 15) is 24.2 Å². The summed E-state index contributed by atoms with van der Waals surface area (Å²) >= 11 is 0. The number of aliphatic hydroxyl groups is 2. The highest BCUT2D eigenvalue weighted by Crippen LogP contribution is 2.43. The van der Waals surface area contributed by atoms with Crippen molar-refractivity contribution in [2.45, 2.75) is 232 Å². The molecule has 0 aromatic rings. The van der Waals surface area contributed by atoms with Crippen LogP contribution < -0.4 is 0 Å². The van der Waals surface area contributed by atoms with E-state index in [1.54, 1.807) is 0 Å². The maximum Gasteiger partial charge on any atom is 0.472 e. The summed E-state index contributed by atoms with van der Waals surface area (Å²) in [5.41, 5.74) is 0. The molecule has 0 aliphatic rings. The Morgan fingerprint density at radius 1 is 0.477 bits per heavy atom. The number of phosphoric ester groups is 1. The molecule has 0 fully saturated rings. The molecule has 11 heteroatoms. The number of allylic oxidation sites excluding steroid dienone is 12. The van der Waals surface area contributed by atoms with E-state index in [0.29, 0.717) is 12.8 Å². The van der Waals surface area contributed by atoms with Crippen molar-refractivity contribution in [3.8, 4) is 0 Å². The molecule has 0 heterocycles. The van der Waals surface area contributed by atoms with Gasteiger partial charge < -0.3 is 24.6 Å². The summed E-state index contributed by atoms with van der Waals surface area (Å²) in [5.74, 6) is -0.999. The molecular formula is C54H95O10P. The van der Waals surface area contributed by atoms with Crippen LogP contribution in [-0.4, -0.2) is 65.7 Å². The van der Waals surface area contributed by atoms with Crippen molar-refractivity contribution in [1.29, 1.82) is 0 Å². The Labute approximate surface area is 397 Å². The lowest BCUT2D eigenvalue weighted by Gasteiger charge is -2.20. The van der Waals surface area contributed by atoms with E-state index in [1.165, 1.54) is 116 Å². The van der Waals surface area contributed by atoms with Crippen molar-refractivity contribution in [2.75, 3.05) is 26.4 Å². The predicted molar refractivity (Wildman–Crippen MR) is 270 cm³/mol. The molecule has 0 rings (SSSR count). The number of aliphatic hydroxyl groups excluding tert-OH is 2. The van der Waals surface area contributed by atoms with Gasteiger partial charge in [0.15, 0.2) is 6.10 Å². The predicted octanol–water partition coefficient (Wildman–Crippen LogP) is 14.8. The Bertz CT molecular complexity index is 1310. The average molecular weight is 935 g/mol. The van der Waals surface area contributed by atoms with Crippen LogP contribution in [0.5, 0.6) is 0 Å². The molecule has 0 amide bonds. The minimum atomic E-state index is -4.64. The third kappa shape index (κ3) is 49.1. The van der Waals surface area contributed by atoms with Crippen LogP contribution >= 0.6 is 7.82 Å². The average Bonchev–Trinajstić information content (AvgIpc) is 3.30. The standard InChI is InChI=1S/C54H95O10P/c1-3-5-7-9-11-13-15-17-19-21-23-24-25-26-28-29-31-33-35-37-39-41-43-45-53(57)61-49-52(50-63-65(59,60)62-48-51(56)47-55)64-54(58)46-44-42-40-38-36-34-32-30-27-22-20-18-16-14-12-10-8-6-4-2/h6,8,12,14,18,20,27,30,34,36-37,39,51-52,55-56H,3-5,7,9-11,13,15-17,19,21-26,28-29,31-33,35,38,40-50H2,1-2H3,(H,59,60)/b8-6+,14-12+,20-18+,30-27+,36-34+,39-37+/t51-,52+/m0/s1. The summed E-state index contributed by atoms with van der Waals surface area (Å²) in [6, 6.07) is 0. The van der Waals surface area contributed by atoms with E-state index in [2.05, 4.69) is 86.8 Å². The molecule has 0 saturated carbocycles. The summed E-state index contributed by atoms with van der Waals surface area (Å²) in [6.45, 7) is 2.22. The summed E-state index contributed by atoms with van der Waals surface area (Å²) in [4.78, 5) is 35.2. The number of esters is 2. The van der Waals surface area contributed by atoms with E-state index >= 15 is 0 Å². The van der Waals surface area contributed by atoms with Gasteiger partial charge in [0.2, 0.25) is 0 Å². The zero-order valence-corrected chi connectivity index (χ0v) is 42.1.